The lowest BCUT2D eigenvalue weighted by atomic mass is 9.99. The monoisotopic (exact) mass is 553 g/mol. The summed E-state index contributed by atoms with van der Waals surface area (Å²) in [6.45, 7) is 4.46. The highest BCUT2D eigenvalue weighted by atomic mass is 31.1. The summed E-state index contributed by atoms with van der Waals surface area (Å²) >= 11 is 0. The van der Waals surface area contributed by atoms with E-state index in [9.17, 15) is 0 Å². The zero-order valence-electron chi connectivity index (χ0n) is 22.7. The summed E-state index contributed by atoms with van der Waals surface area (Å²) in [7, 11) is 0.0495. The molecule has 200 valence electrons. The van der Waals surface area contributed by atoms with Crippen LogP contribution in [-0.2, 0) is 6.54 Å². The van der Waals surface area contributed by atoms with Crippen LogP contribution in [0.3, 0.4) is 0 Å². The minimum atomic E-state index is -1.65. The Hall–Kier alpha value is -4.92. The van der Waals surface area contributed by atoms with Crippen LogP contribution in [0.4, 0.5) is 5.69 Å². The quantitative estimate of drug-likeness (QED) is 0.205. The standard InChI is InChI=1S/C36H28NO3P/c1-3-25-16-18-26(19-17-25)24-37(31-14-8-9-15-32(31)38-2)41-39-33-22-20-27-10-4-6-12-29(27)35(33)36-30-13-7-5-11-28(30)21-23-34(36)40-41/h3-23H,1,24H2,2H3. The lowest BCUT2D eigenvalue weighted by molar-refractivity contribution is 0.415. The zero-order chi connectivity index (χ0) is 27.8. The number of ether oxygens (including phenoxy) is 1. The van der Waals surface area contributed by atoms with E-state index in [1.165, 1.54) is 0 Å². The van der Waals surface area contributed by atoms with E-state index in [1.54, 1.807) is 7.11 Å². The van der Waals surface area contributed by atoms with Gasteiger partial charge in [0.1, 0.15) is 16.9 Å². The minimum Gasteiger partial charge on any atom is -0.495 e. The van der Waals surface area contributed by atoms with Crippen molar-refractivity contribution in [2.75, 3.05) is 11.8 Å². The molecule has 0 bridgehead atoms. The Morgan fingerprint density at radius 1 is 0.683 bits per heavy atom. The molecule has 0 unspecified atom stereocenters. The first-order valence-corrected chi connectivity index (χ1v) is 14.7. The van der Waals surface area contributed by atoms with Crippen molar-refractivity contribution in [2.24, 2.45) is 0 Å². The molecule has 41 heavy (non-hydrogen) atoms. The van der Waals surface area contributed by atoms with Crippen molar-refractivity contribution in [3.8, 4) is 5.75 Å². The van der Waals surface area contributed by atoms with Gasteiger partial charge in [-0.3, -0.25) is 4.67 Å². The first-order valence-electron chi connectivity index (χ1n) is 13.6. The summed E-state index contributed by atoms with van der Waals surface area (Å²) in [6, 6.07) is 41.7. The Balaban J connectivity index is 1.58. The second kappa shape index (κ2) is 10.6. The molecule has 7 rings (SSSR count). The molecule has 7 aromatic rings. The molecular weight excluding hydrogens is 525 g/mol. The SMILES string of the molecule is C=Cc1ccc(CN(c2ccccc2OC)p2oc3ccc4ccccc4c3c3c(ccc4ccccc43)o2)cc1. The van der Waals surface area contributed by atoms with Gasteiger partial charge < -0.3 is 13.1 Å². The number of fused-ring (bicyclic) bond motifs is 7. The Morgan fingerprint density at radius 2 is 1.24 bits per heavy atom. The van der Waals surface area contributed by atoms with Gasteiger partial charge in [0.25, 0.3) is 0 Å². The molecule has 0 aliphatic carbocycles. The number of anilines is 1. The van der Waals surface area contributed by atoms with Crippen molar-refractivity contribution in [1.82, 2.24) is 0 Å². The van der Waals surface area contributed by atoms with E-state index in [-0.39, 0.29) is 0 Å². The largest absolute Gasteiger partial charge is 0.495 e. The molecule has 4 nitrogen and oxygen atoms in total. The number of nitrogens with zero attached hydrogens (tertiary/aromatic N) is 1. The molecule has 0 N–H and O–H groups in total. The van der Waals surface area contributed by atoms with Crippen molar-refractivity contribution in [3.05, 3.63) is 139 Å². The normalized spacial score (nSPS) is 11.2. The number of para-hydroxylation sites is 2. The zero-order valence-corrected chi connectivity index (χ0v) is 23.6. The first-order chi connectivity index (χ1) is 20.2. The van der Waals surface area contributed by atoms with Gasteiger partial charge in [-0.25, -0.2) is 0 Å². The van der Waals surface area contributed by atoms with Crippen molar-refractivity contribution in [2.45, 2.75) is 6.54 Å². The van der Waals surface area contributed by atoms with Gasteiger partial charge in [-0.1, -0.05) is 110 Å². The van der Waals surface area contributed by atoms with Gasteiger partial charge in [0.15, 0.2) is 0 Å². The number of benzene rings is 6. The van der Waals surface area contributed by atoms with Crippen LogP contribution in [0.5, 0.6) is 5.75 Å². The topological polar surface area (TPSA) is 38.8 Å². The van der Waals surface area contributed by atoms with Crippen LogP contribution >= 0.6 is 8.16 Å². The molecule has 5 heteroatoms. The Morgan fingerprint density at radius 3 is 1.83 bits per heavy atom. The first kappa shape index (κ1) is 25.1. The van der Waals surface area contributed by atoms with Crippen LogP contribution < -0.4 is 9.41 Å². The molecule has 0 aliphatic rings. The predicted molar refractivity (Wildman–Crippen MR) is 172 cm³/mol. The highest BCUT2D eigenvalue weighted by Crippen LogP contribution is 2.46. The van der Waals surface area contributed by atoms with E-state index >= 15 is 0 Å². The molecule has 0 amide bonds. The van der Waals surface area contributed by atoms with Crippen molar-refractivity contribution >= 4 is 63.4 Å². The van der Waals surface area contributed by atoms with Crippen LogP contribution in [0.1, 0.15) is 11.1 Å². The fourth-order valence-corrected chi connectivity index (χ4v) is 6.96. The summed E-state index contributed by atoms with van der Waals surface area (Å²) in [4.78, 5) is 0. The fraction of sp³-hybridized carbons (Fsp3) is 0.0556. The van der Waals surface area contributed by atoms with Gasteiger partial charge >= 0.3 is 8.16 Å². The summed E-state index contributed by atoms with van der Waals surface area (Å²) in [5.74, 6) is 0.756. The molecule has 0 spiro atoms. The third kappa shape index (κ3) is 4.53. The van der Waals surface area contributed by atoms with E-state index in [0.717, 1.165) is 66.0 Å². The smallest absolute Gasteiger partial charge is 0.342 e. The van der Waals surface area contributed by atoms with Gasteiger partial charge in [-0.2, -0.15) is 0 Å². The van der Waals surface area contributed by atoms with E-state index in [2.05, 4.69) is 114 Å². The van der Waals surface area contributed by atoms with Crippen molar-refractivity contribution in [3.63, 3.8) is 0 Å². The van der Waals surface area contributed by atoms with Crippen LogP contribution in [0.25, 0.3) is 49.6 Å². The molecule has 0 saturated heterocycles. The number of hydrogen-bond acceptors (Lipinski definition) is 4. The van der Waals surface area contributed by atoms with Crippen molar-refractivity contribution < 1.29 is 13.1 Å². The maximum Gasteiger partial charge on any atom is 0.342 e. The second-order valence-corrected chi connectivity index (χ2v) is 11.2. The van der Waals surface area contributed by atoms with Crippen LogP contribution in [0, 0.1) is 0 Å². The maximum absolute atomic E-state index is 6.93. The third-order valence-electron chi connectivity index (χ3n) is 7.49. The maximum atomic E-state index is 6.93. The predicted octanol–water partition coefficient (Wildman–Crippen LogP) is 10.7. The summed E-state index contributed by atoms with van der Waals surface area (Å²) in [5, 5.41) is 6.68. The van der Waals surface area contributed by atoms with E-state index < -0.39 is 8.16 Å². The molecule has 0 radical (unpaired) electrons. The summed E-state index contributed by atoms with van der Waals surface area (Å²) in [5.41, 5.74) is 4.70. The Labute approximate surface area is 239 Å². The molecule has 0 fully saturated rings. The van der Waals surface area contributed by atoms with Crippen molar-refractivity contribution in [1.29, 1.82) is 0 Å². The van der Waals surface area contributed by atoms with Gasteiger partial charge in [0, 0.05) is 10.8 Å². The number of methoxy groups -OCH3 is 1. The average Bonchev–Trinajstić information content (AvgIpc) is 3.21. The third-order valence-corrected chi connectivity index (χ3v) is 8.95. The molecular formula is C36H28NO3P. The van der Waals surface area contributed by atoms with Gasteiger partial charge in [-0.05, 0) is 56.9 Å². The fourth-order valence-electron chi connectivity index (χ4n) is 5.46. The Kier molecular flexibility index (Phi) is 6.47. The highest BCUT2D eigenvalue weighted by Gasteiger charge is 2.21. The van der Waals surface area contributed by atoms with Crippen LogP contribution in [-0.4, -0.2) is 7.11 Å². The molecule has 1 heterocycles. The molecule has 6 aromatic carbocycles. The molecule has 0 aliphatic heterocycles. The molecule has 1 aromatic heterocycles. The number of hydrogen-bond donors (Lipinski definition) is 0. The number of rotatable bonds is 6. The second-order valence-electron chi connectivity index (χ2n) is 9.92. The average molecular weight is 554 g/mol. The van der Waals surface area contributed by atoms with Gasteiger partial charge in [0.05, 0.1) is 19.3 Å². The van der Waals surface area contributed by atoms with E-state index in [1.807, 2.05) is 24.3 Å². The van der Waals surface area contributed by atoms with E-state index in [4.69, 9.17) is 13.1 Å². The molecule has 0 atom stereocenters. The minimum absolute atomic E-state index is 0.565. The summed E-state index contributed by atoms with van der Waals surface area (Å²) < 4.78 is 21.9. The van der Waals surface area contributed by atoms with Crippen LogP contribution in [0.15, 0.2) is 136 Å². The lowest BCUT2D eigenvalue weighted by Gasteiger charge is -2.23. The van der Waals surface area contributed by atoms with Gasteiger partial charge in [-0.15, -0.1) is 0 Å². The van der Waals surface area contributed by atoms with Gasteiger partial charge in [0.2, 0.25) is 0 Å². The van der Waals surface area contributed by atoms with E-state index in [0.29, 0.717) is 6.54 Å². The summed E-state index contributed by atoms with van der Waals surface area (Å²) in [6.07, 6.45) is 1.85. The Bertz CT molecular complexity index is 2000. The highest BCUT2D eigenvalue weighted by molar-refractivity contribution is 7.39. The lowest BCUT2D eigenvalue weighted by Crippen LogP contribution is -2.13. The van der Waals surface area contributed by atoms with Crippen LogP contribution in [0.2, 0.25) is 0 Å². The molecule has 0 saturated carbocycles.